The number of aldehydes is 1. The summed E-state index contributed by atoms with van der Waals surface area (Å²) < 4.78 is 10.3. The molecule has 1 aromatic carbocycles. The first-order valence-corrected chi connectivity index (χ1v) is 12.7. The summed E-state index contributed by atoms with van der Waals surface area (Å²) in [5.41, 5.74) is 3.38. The molecule has 1 aliphatic rings. The van der Waals surface area contributed by atoms with Crippen LogP contribution in [0.3, 0.4) is 0 Å². The van der Waals surface area contributed by atoms with Crippen molar-refractivity contribution in [1.29, 1.82) is 0 Å². The van der Waals surface area contributed by atoms with E-state index in [9.17, 15) is 19.2 Å². The molecule has 10 heteroatoms. The second-order valence-electron chi connectivity index (χ2n) is 8.64. The van der Waals surface area contributed by atoms with Crippen molar-refractivity contribution in [2.75, 3.05) is 33.4 Å². The van der Waals surface area contributed by atoms with Crippen molar-refractivity contribution in [2.45, 2.75) is 64.3 Å². The minimum absolute atomic E-state index is 0. The summed E-state index contributed by atoms with van der Waals surface area (Å²) in [6, 6.07) is 7.21. The number of nitrogens with zero attached hydrogens (tertiary/aromatic N) is 1. The summed E-state index contributed by atoms with van der Waals surface area (Å²) >= 11 is 0. The van der Waals surface area contributed by atoms with E-state index in [1.165, 1.54) is 0 Å². The predicted octanol–water partition coefficient (Wildman–Crippen LogP) is 1.46. The van der Waals surface area contributed by atoms with Crippen LogP contribution >= 0.6 is 0 Å². The molecule has 2 N–H and O–H groups in total. The van der Waals surface area contributed by atoms with Gasteiger partial charge in [0.2, 0.25) is 0 Å². The van der Waals surface area contributed by atoms with Crippen LogP contribution in [0, 0.1) is 0 Å². The van der Waals surface area contributed by atoms with E-state index in [0.717, 1.165) is 68.1 Å². The number of allylic oxidation sites excluding steroid dienone is 2. The molecule has 0 saturated carbocycles. The van der Waals surface area contributed by atoms with E-state index < -0.39 is 6.09 Å². The Bertz CT molecular complexity index is 895. The third-order valence-electron chi connectivity index (χ3n) is 5.86. The van der Waals surface area contributed by atoms with Gasteiger partial charge in [-0.15, -0.1) is 6.54 Å². The molecule has 2 amide bonds. The normalized spacial score (nSPS) is 12.8. The molecule has 0 spiro atoms. The SMILES string of the molecule is CNC1=C(C(=O)c2ccc(C[N-]C(=O)COCCCOC(=O)NCCCCCC=O)cc2)CCCC1.[HH].[Rb+]. The van der Waals surface area contributed by atoms with E-state index in [1.54, 1.807) is 12.1 Å². The van der Waals surface area contributed by atoms with Crippen LogP contribution in [0.2, 0.25) is 0 Å². The molecule has 0 aliphatic heterocycles. The number of Topliss-reactive ketones (excluding diaryl/α,β-unsaturated/α-hetero) is 1. The Morgan fingerprint density at radius 2 is 1.78 bits per heavy atom. The number of hydrogen-bond donors (Lipinski definition) is 2. The van der Waals surface area contributed by atoms with Gasteiger partial charge in [0.05, 0.1) is 25.7 Å². The summed E-state index contributed by atoms with van der Waals surface area (Å²) in [7, 11) is 1.86. The zero-order valence-electron chi connectivity index (χ0n) is 22.2. The Morgan fingerprint density at radius 3 is 2.51 bits per heavy atom. The summed E-state index contributed by atoms with van der Waals surface area (Å²) in [5.74, 6) is -0.311. The number of hydrogen-bond acceptors (Lipinski definition) is 7. The molecule has 1 aromatic rings. The van der Waals surface area contributed by atoms with Crippen LogP contribution in [0.1, 0.15) is 75.1 Å². The topological polar surface area (TPSA) is 125 Å². The standard InChI is InChI=1S/C27H39N3O6.Rb.H2/c1-28-24-10-5-4-9-23(24)26(33)22-13-11-21(12-14-22)19-30-25(32)20-35-17-8-18-36-27(34)29-15-6-2-3-7-16-31;;/h11-14,16H,2-10,15,17-20H2,1H3,(H3,28,29,30,32,33,34);;1H/q;+1;/p-1. The molecule has 0 unspecified atom stereocenters. The smallest absolute Gasteiger partial charge is 0.648 e. The summed E-state index contributed by atoms with van der Waals surface area (Å²) in [6.07, 6.45) is 7.77. The Labute approximate surface area is 270 Å². The molecule has 200 valence electrons. The summed E-state index contributed by atoms with van der Waals surface area (Å²) in [5, 5.41) is 9.81. The molecular weight excluding hydrogens is 548 g/mol. The van der Waals surface area contributed by atoms with Gasteiger partial charge in [-0.3, -0.25) is 4.79 Å². The van der Waals surface area contributed by atoms with E-state index in [4.69, 9.17) is 9.47 Å². The fourth-order valence-electron chi connectivity index (χ4n) is 3.85. The number of nitrogens with one attached hydrogen (secondary N) is 2. The van der Waals surface area contributed by atoms with Crippen molar-refractivity contribution in [1.82, 2.24) is 10.6 Å². The van der Waals surface area contributed by atoms with Crippen molar-refractivity contribution in [3.05, 3.63) is 52.0 Å². The molecule has 0 bridgehead atoms. The van der Waals surface area contributed by atoms with E-state index in [2.05, 4.69) is 16.0 Å². The van der Waals surface area contributed by atoms with Crippen molar-refractivity contribution in [2.24, 2.45) is 0 Å². The first kappa shape index (κ1) is 33.6. The zero-order valence-corrected chi connectivity index (χ0v) is 27.1. The van der Waals surface area contributed by atoms with E-state index in [0.29, 0.717) is 24.9 Å². The molecule has 2 rings (SSSR count). The van der Waals surface area contributed by atoms with Crippen LogP contribution in [-0.4, -0.2) is 57.5 Å². The number of carbonyl (C=O) groups is 4. The van der Waals surface area contributed by atoms with Crippen LogP contribution in [0.5, 0.6) is 0 Å². The molecule has 0 heterocycles. The average molecular weight is 588 g/mol. The van der Waals surface area contributed by atoms with Crippen molar-refractivity contribution in [3.63, 3.8) is 0 Å². The maximum absolute atomic E-state index is 12.8. The van der Waals surface area contributed by atoms with Gasteiger partial charge in [0, 0.05) is 44.7 Å². The first-order chi connectivity index (χ1) is 17.5. The number of amides is 2. The Kier molecular flexibility index (Phi) is 18.7. The monoisotopic (exact) mass is 587 g/mol. The van der Waals surface area contributed by atoms with Crippen molar-refractivity contribution in [3.8, 4) is 0 Å². The molecule has 0 radical (unpaired) electrons. The molecular formula is C27H40N3O6Rb. The molecule has 0 fully saturated rings. The molecule has 1 aliphatic carbocycles. The largest absolute Gasteiger partial charge is 1.00 e. The fraction of sp³-hybridized carbons (Fsp3) is 0.556. The van der Waals surface area contributed by atoms with Crippen LogP contribution < -0.4 is 68.8 Å². The number of rotatable bonds is 17. The van der Waals surface area contributed by atoms with E-state index in [-0.39, 0.29) is 97.7 Å². The number of unbranched alkanes of at least 4 members (excludes halogenated alkanes) is 3. The zero-order chi connectivity index (χ0) is 26.0. The number of alkyl carbamates (subject to hydrolysis) is 1. The van der Waals surface area contributed by atoms with Crippen molar-refractivity contribution < 1.29 is 88.3 Å². The van der Waals surface area contributed by atoms with Gasteiger partial charge >= 0.3 is 64.3 Å². The minimum Gasteiger partial charge on any atom is -0.648 e. The fourth-order valence-corrected chi connectivity index (χ4v) is 3.85. The van der Waals surface area contributed by atoms with Gasteiger partial charge in [0.15, 0.2) is 5.78 Å². The Morgan fingerprint density at radius 1 is 1.03 bits per heavy atom. The van der Waals surface area contributed by atoms with E-state index >= 15 is 0 Å². The molecule has 0 aromatic heterocycles. The van der Waals surface area contributed by atoms with Crippen LogP contribution in [0.4, 0.5) is 4.79 Å². The van der Waals surface area contributed by atoms with Gasteiger partial charge in [-0.25, -0.2) is 4.79 Å². The van der Waals surface area contributed by atoms with Crippen LogP contribution in [0.15, 0.2) is 35.5 Å². The third kappa shape index (κ3) is 13.8. The van der Waals surface area contributed by atoms with Gasteiger partial charge in [-0.05, 0) is 38.5 Å². The van der Waals surface area contributed by atoms with Crippen LogP contribution in [-0.2, 0) is 25.6 Å². The molecule has 0 saturated heterocycles. The van der Waals surface area contributed by atoms with Crippen molar-refractivity contribution >= 4 is 24.1 Å². The Hall–Kier alpha value is -1.39. The predicted molar refractivity (Wildman–Crippen MR) is 139 cm³/mol. The average Bonchev–Trinajstić information content (AvgIpc) is 2.91. The van der Waals surface area contributed by atoms with Gasteiger partial charge in [-0.1, -0.05) is 36.2 Å². The second kappa shape index (κ2) is 20.6. The summed E-state index contributed by atoms with van der Waals surface area (Å²) in [4.78, 5) is 46.5. The van der Waals surface area contributed by atoms with Crippen LogP contribution in [0.25, 0.3) is 5.32 Å². The van der Waals surface area contributed by atoms with Gasteiger partial charge in [0.25, 0.3) is 0 Å². The number of ketones is 1. The first-order valence-electron chi connectivity index (χ1n) is 12.7. The quantitative estimate of drug-likeness (QED) is 0.161. The second-order valence-corrected chi connectivity index (χ2v) is 8.64. The number of benzene rings is 1. The van der Waals surface area contributed by atoms with E-state index in [1.807, 2.05) is 19.2 Å². The maximum Gasteiger partial charge on any atom is 1.00 e. The molecule has 9 nitrogen and oxygen atoms in total. The number of ether oxygens (including phenoxy) is 2. The third-order valence-corrected chi connectivity index (χ3v) is 5.86. The minimum atomic E-state index is -0.484. The Balaban J connectivity index is 0.00000684. The number of carbonyl (C=O) groups excluding carboxylic acids is 4. The summed E-state index contributed by atoms with van der Waals surface area (Å²) in [6.45, 7) is 1.07. The van der Waals surface area contributed by atoms with Gasteiger partial charge < -0.3 is 35.0 Å². The van der Waals surface area contributed by atoms with Gasteiger partial charge in [-0.2, -0.15) is 0 Å². The molecule has 37 heavy (non-hydrogen) atoms. The molecule has 0 atom stereocenters. The maximum atomic E-state index is 12.8. The van der Waals surface area contributed by atoms with Gasteiger partial charge in [0.1, 0.15) is 6.29 Å².